The Balaban J connectivity index is 3.35. The van der Waals surface area contributed by atoms with Crippen LogP contribution in [0, 0.1) is 16.6 Å². The molecule has 0 unspecified atom stereocenters. The van der Waals surface area contributed by atoms with Crippen LogP contribution in [0.3, 0.4) is 0 Å². The van der Waals surface area contributed by atoms with Gasteiger partial charge in [0.15, 0.2) is 0 Å². The van der Waals surface area contributed by atoms with E-state index in [4.69, 9.17) is 10.8 Å². The van der Waals surface area contributed by atoms with Gasteiger partial charge in [-0.2, -0.15) is 0 Å². The molecule has 0 aliphatic heterocycles. The molecular weight excluding hydrogens is 145 g/mol. The fourth-order valence-electron chi connectivity index (χ4n) is 0.752. The van der Waals surface area contributed by atoms with E-state index in [1.807, 2.05) is 0 Å². The van der Waals surface area contributed by atoms with Gasteiger partial charge in [-0.3, -0.25) is 15.4 Å². The molecule has 0 saturated heterocycles. The molecule has 1 aromatic heterocycles. The van der Waals surface area contributed by atoms with Crippen LogP contribution in [0.15, 0.2) is 18.3 Å². The second-order valence-electron chi connectivity index (χ2n) is 2.19. The highest BCUT2D eigenvalue weighted by molar-refractivity contribution is 5.78. The first-order valence-corrected chi connectivity index (χ1v) is 3.09. The van der Waals surface area contributed by atoms with Gasteiger partial charge in [0, 0.05) is 6.20 Å². The van der Waals surface area contributed by atoms with E-state index in [1.165, 1.54) is 19.1 Å². The Kier molecular flexibility index (Phi) is 1.85. The molecular formula is C7H8FN3. The highest BCUT2D eigenvalue weighted by atomic mass is 19.1. The maximum absolute atomic E-state index is 12.5. The van der Waals surface area contributed by atoms with E-state index in [2.05, 4.69) is 0 Å². The first-order chi connectivity index (χ1) is 5.11. The zero-order valence-corrected chi connectivity index (χ0v) is 6.06. The van der Waals surface area contributed by atoms with Gasteiger partial charge in [-0.15, -0.1) is 0 Å². The van der Waals surface area contributed by atoms with Gasteiger partial charge in [-0.1, -0.05) is 0 Å². The van der Waals surface area contributed by atoms with E-state index >= 15 is 0 Å². The van der Waals surface area contributed by atoms with Crippen LogP contribution < -0.4 is 5.49 Å². The quantitative estimate of drug-likeness (QED) is 0.412. The Hall–Kier alpha value is -1.45. The molecule has 0 fully saturated rings. The molecule has 1 aromatic rings. The summed E-state index contributed by atoms with van der Waals surface area (Å²) in [5, 5.41) is 14.4. The first-order valence-electron chi connectivity index (χ1n) is 3.09. The Labute approximate surface area is 63.1 Å². The van der Waals surface area contributed by atoms with Crippen molar-refractivity contribution in [3.63, 3.8) is 0 Å². The molecule has 0 aliphatic carbocycles. The van der Waals surface area contributed by atoms with Crippen molar-refractivity contribution in [2.45, 2.75) is 6.92 Å². The van der Waals surface area contributed by atoms with E-state index in [0.717, 1.165) is 10.8 Å². The van der Waals surface area contributed by atoms with Crippen molar-refractivity contribution in [1.29, 1.82) is 10.8 Å². The summed E-state index contributed by atoms with van der Waals surface area (Å²) in [5.74, 6) is -0.304. The number of halogens is 1. The van der Waals surface area contributed by atoms with Crippen LogP contribution in [0.4, 0.5) is 4.39 Å². The smallest absolute Gasteiger partial charge is 0.139 e. The summed E-state index contributed by atoms with van der Waals surface area (Å²) < 4.78 is 13.7. The van der Waals surface area contributed by atoms with Gasteiger partial charge in [0.2, 0.25) is 0 Å². The summed E-state index contributed by atoms with van der Waals surface area (Å²) in [7, 11) is 0. The number of rotatable bonds is 0. The molecule has 58 valence electrons. The third kappa shape index (κ3) is 1.52. The standard InChI is InChI=1S/C7H8FN3/c1-5(9)11-4-6(8)2-3-7(11)10/h2-4,9-10H,1H3. The van der Waals surface area contributed by atoms with Crippen molar-refractivity contribution >= 4 is 5.84 Å². The topological polar surface area (TPSA) is 52.6 Å². The Bertz CT molecular complexity index is 340. The molecule has 0 atom stereocenters. The highest BCUT2D eigenvalue weighted by Crippen LogP contribution is 1.90. The molecule has 0 spiro atoms. The average molecular weight is 153 g/mol. The minimum Gasteiger partial charge on any atom is -0.288 e. The van der Waals surface area contributed by atoms with Crippen molar-refractivity contribution in [3.8, 4) is 0 Å². The molecule has 0 bridgehead atoms. The molecule has 2 N–H and O–H groups in total. The monoisotopic (exact) mass is 153 g/mol. The second kappa shape index (κ2) is 2.65. The largest absolute Gasteiger partial charge is 0.288 e. The summed E-state index contributed by atoms with van der Waals surface area (Å²) in [6.45, 7) is 1.50. The lowest BCUT2D eigenvalue weighted by Crippen LogP contribution is -2.23. The predicted octanol–water partition coefficient (Wildman–Crippen LogP) is 0.952. The number of hydrogen-bond acceptors (Lipinski definition) is 2. The third-order valence-corrected chi connectivity index (χ3v) is 1.27. The van der Waals surface area contributed by atoms with Gasteiger partial charge in [0.05, 0.1) is 0 Å². The van der Waals surface area contributed by atoms with E-state index in [1.54, 1.807) is 0 Å². The maximum Gasteiger partial charge on any atom is 0.139 e. The molecule has 1 rings (SSSR count). The van der Waals surface area contributed by atoms with Gasteiger partial charge in [-0.25, -0.2) is 4.39 Å². The molecule has 0 aromatic carbocycles. The minimum absolute atomic E-state index is 0.110. The zero-order valence-electron chi connectivity index (χ0n) is 6.06. The number of pyridine rings is 1. The maximum atomic E-state index is 12.5. The Morgan fingerprint density at radius 2 is 2.18 bits per heavy atom. The molecule has 0 aliphatic rings. The fraction of sp³-hybridized carbons (Fsp3) is 0.143. The normalized spacial score (nSPS) is 9.64. The van der Waals surface area contributed by atoms with E-state index < -0.39 is 5.82 Å². The van der Waals surface area contributed by atoms with Crippen LogP contribution in [-0.2, 0) is 0 Å². The van der Waals surface area contributed by atoms with Crippen molar-refractivity contribution < 1.29 is 4.39 Å². The number of nitrogens with one attached hydrogen (secondary N) is 2. The van der Waals surface area contributed by atoms with Gasteiger partial charge >= 0.3 is 0 Å². The van der Waals surface area contributed by atoms with Crippen molar-refractivity contribution in [3.05, 3.63) is 29.6 Å². The molecule has 0 amide bonds. The van der Waals surface area contributed by atoms with Crippen molar-refractivity contribution in [1.82, 2.24) is 4.57 Å². The Morgan fingerprint density at radius 1 is 1.55 bits per heavy atom. The molecule has 4 heteroatoms. The molecule has 3 nitrogen and oxygen atoms in total. The van der Waals surface area contributed by atoms with Crippen LogP contribution >= 0.6 is 0 Å². The third-order valence-electron chi connectivity index (χ3n) is 1.27. The summed E-state index contributed by atoms with van der Waals surface area (Å²) in [4.78, 5) is 0. The second-order valence-corrected chi connectivity index (χ2v) is 2.19. The van der Waals surface area contributed by atoms with Crippen LogP contribution in [0.5, 0.6) is 0 Å². The van der Waals surface area contributed by atoms with Crippen LogP contribution in [0.1, 0.15) is 6.92 Å². The highest BCUT2D eigenvalue weighted by Gasteiger charge is 1.95. The summed E-state index contributed by atoms with van der Waals surface area (Å²) in [5.41, 5.74) is 0.110. The first kappa shape index (κ1) is 7.65. The predicted molar refractivity (Wildman–Crippen MR) is 39.0 cm³/mol. The lowest BCUT2D eigenvalue weighted by atomic mass is 10.4. The van der Waals surface area contributed by atoms with Crippen LogP contribution in [0.25, 0.3) is 0 Å². The number of aromatic nitrogens is 1. The summed E-state index contributed by atoms with van der Waals surface area (Å²) >= 11 is 0. The SMILES string of the molecule is CC(=N)n1cc(F)ccc1=N. The van der Waals surface area contributed by atoms with Crippen LogP contribution in [0.2, 0.25) is 0 Å². The van der Waals surface area contributed by atoms with Gasteiger partial charge in [-0.05, 0) is 19.1 Å². The number of hydrogen-bond donors (Lipinski definition) is 2. The molecule has 11 heavy (non-hydrogen) atoms. The van der Waals surface area contributed by atoms with Crippen molar-refractivity contribution in [2.24, 2.45) is 0 Å². The van der Waals surface area contributed by atoms with Crippen molar-refractivity contribution in [2.75, 3.05) is 0 Å². The van der Waals surface area contributed by atoms with Gasteiger partial charge in [0.1, 0.15) is 17.1 Å². The van der Waals surface area contributed by atoms with Crippen LogP contribution in [-0.4, -0.2) is 10.4 Å². The lowest BCUT2D eigenvalue weighted by Gasteiger charge is -2.02. The number of nitrogens with zero attached hydrogens (tertiary/aromatic N) is 1. The van der Waals surface area contributed by atoms with Gasteiger partial charge in [0.25, 0.3) is 0 Å². The summed E-state index contributed by atoms with van der Waals surface area (Å²) in [6.07, 6.45) is 1.12. The molecule has 0 saturated carbocycles. The average Bonchev–Trinajstić information content (AvgIpc) is 1.94. The Morgan fingerprint density at radius 3 is 2.64 bits per heavy atom. The van der Waals surface area contributed by atoms with E-state index in [9.17, 15) is 4.39 Å². The molecule has 1 heterocycles. The summed E-state index contributed by atoms with van der Waals surface area (Å²) in [6, 6.07) is 2.51. The minimum atomic E-state index is -0.437. The van der Waals surface area contributed by atoms with E-state index in [0.29, 0.717) is 0 Å². The van der Waals surface area contributed by atoms with Gasteiger partial charge < -0.3 is 0 Å². The zero-order chi connectivity index (χ0) is 8.43. The van der Waals surface area contributed by atoms with E-state index in [-0.39, 0.29) is 11.3 Å². The lowest BCUT2D eigenvalue weighted by molar-refractivity contribution is 0.613. The molecule has 0 radical (unpaired) electrons. The fourth-order valence-corrected chi connectivity index (χ4v) is 0.752.